The van der Waals surface area contributed by atoms with Gasteiger partial charge in [0.1, 0.15) is 0 Å². The number of nitrogens with zero attached hydrogens (tertiary/aromatic N) is 2. The number of nitrogen functional groups attached to an aromatic ring is 1. The van der Waals surface area contributed by atoms with E-state index in [2.05, 4.69) is 158 Å². The number of para-hydroxylation sites is 2. The van der Waals surface area contributed by atoms with E-state index in [-0.39, 0.29) is 0 Å². The van der Waals surface area contributed by atoms with Crippen LogP contribution in [0.2, 0.25) is 0 Å². The average Bonchev–Trinajstić information content (AvgIpc) is 3.45. The van der Waals surface area contributed by atoms with Gasteiger partial charge < -0.3 is 10.3 Å². The number of allylic oxidation sites excluding steroid dienone is 1. The summed E-state index contributed by atoms with van der Waals surface area (Å²) in [5, 5.41) is 6.93. The number of aromatic nitrogens is 1. The number of anilines is 1. The van der Waals surface area contributed by atoms with Crippen molar-refractivity contribution in [1.82, 2.24) is 4.57 Å². The van der Waals surface area contributed by atoms with Crippen molar-refractivity contribution in [3.05, 3.63) is 164 Å². The highest BCUT2D eigenvalue weighted by atomic mass is 15.0. The molecule has 222 valence electrons. The van der Waals surface area contributed by atoms with Gasteiger partial charge in [0.05, 0.1) is 22.4 Å². The molecule has 0 unspecified atom stereocenters. The molecule has 0 aliphatic rings. The van der Waals surface area contributed by atoms with Crippen molar-refractivity contribution in [2.24, 2.45) is 4.99 Å². The van der Waals surface area contributed by atoms with Gasteiger partial charge in [0.2, 0.25) is 0 Å². The van der Waals surface area contributed by atoms with Crippen LogP contribution in [0.1, 0.15) is 19.4 Å². The third-order valence-electron chi connectivity index (χ3n) is 8.52. The van der Waals surface area contributed by atoms with Gasteiger partial charge in [-0.25, -0.2) is 0 Å². The minimum Gasteiger partial charge on any atom is -0.396 e. The van der Waals surface area contributed by atoms with Crippen molar-refractivity contribution < 1.29 is 0 Å². The molecule has 8 aromatic rings. The molecule has 0 aliphatic carbocycles. The van der Waals surface area contributed by atoms with Gasteiger partial charge in [0.25, 0.3) is 0 Å². The van der Waals surface area contributed by atoms with Crippen LogP contribution in [0.5, 0.6) is 0 Å². The van der Waals surface area contributed by atoms with Crippen LogP contribution in [0, 0.1) is 0 Å². The molecule has 3 heteroatoms. The summed E-state index contributed by atoms with van der Waals surface area (Å²) in [7, 11) is 0. The molecular formula is C43H35N3. The Balaban J connectivity index is 0.00000109. The zero-order valence-electron chi connectivity index (χ0n) is 26.1. The summed E-state index contributed by atoms with van der Waals surface area (Å²) in [5.41, 5.74) is 16.1. The summed E-state index contributed by atoms with van der Waals surface area (Å²) in [4.78, 5) is 5.16. The maximum absolute atomic E-state index is 6.76. The summed E-state index contributed by atoms with van der Waals surface area (Å²) in [6.45, 7) is 7.32. The molecule has 0 saturated heterocycles. The second-order valence-electron chi connectivity index (χ2n) is 11.5. The van der Waals surface area contributed by atoms with Gasteiger partial charge in [-0.15, -0.1) is 6.58 Å². The van der Waals surface area contributed by atoms with E-state index < -0.39 is 0 Å². The molecule has 2 N–H and O–H groups in total. The molecule has 1 heterocycles. The maximum Gasteiger partial charge on any atom is 0.0947 e. The summed E-state index contributed by atoms with van der Waals surface area (Å²) in [5.74, 6) is 0. The summed E-state index contributed by atoms with van der Waals surface area (Å²) in [6.07, 6.45) is 1.75. The normalized spacial score (nSPS) is 11.6. The predicted octanol–water partition coefficient (Wildman–Crippen LogP) is 11.7. The highest BCUT2D eigenvalue weighted by Crippen LogP contribution is 2.40. The Hall–Kier alpha value is -5.93. The first-order valence-electron chi connectivity index (χ1n) is 15.6. The van der Waals surface area contributed by atoms with Crippen molar-refractivity contribution in [2.75, 3.05) is 5.73 Å². The number of fused-ring (bicyclic) bond motifs is 6. The molecule has 3 nitrogen and oxygen atoms in total. The topological polar surface area (TPSA) is 43.3 Å². The molecule has 0 bridgehead atoms. The van der Waals surface area contributed by atoms with E-state index in [1.165, 1.54) is 21.8 Å². The second-order valence-corrected chi connectivity index (χ2v) is 11.5. The minimum absolute atomic E-state index is 0.712. The molecule has 0 amide bonds. The fourth-order valence-electron chi connectivity index (χ4n) is 6.45. The Morgan fingerprint density at radius 2 is 1.07 bits per heavy atom. The lowest BCUT2D eigenvalue weighted by Gasteiger charge is -2.13. The third kappa shape index (κ3) is 5.02. The third-order valence-corrected chi connectivity index (χ3v) is 8.52. The van der Waals surface area contributed by atoms with Gasteiger partial charge >= 0.3 is 0 Å². The first kappa shape index (κ1) is 28.8. The lowest BCUT2D eigenvalue weighted by atomic mass is 9.98. The van der Waals surface area contributed by atoms with Crippen LogP contribution in [-0.2, 0) is 0 Å². The smallest absolute Gasteiger partial charge is 0.0947 e. The maximum atomic E-state index is 6.76. The van der Waals surface area contributed by atoms with Gasteiger partial charge in [-0.2, -0.15) is 0 Å². The Bertz CT molecular complexity index is 2370. The molecule has 8 rings (SSSR count). The lowest BCUT2D eigenvalue weighted by Crippen LogP contribution is -1.97. The fraction of sp³-hybridized carbons (Fsp3) is 0.0465. The Morgan fingerprint density at radius 1 is 0.587 bits per heavy atom. The zero-order chi connectivity index (χ0) is 31.6. The second kappa shape index (κ2) is 12.2. The van der Waals surface area contributed by atoms with E-state index in [4.69, 9.17) is 10.7 Å². The number of hydrogen-bond acceptors (Lipinski definition) is 2. The van der Waals surface area contributed by atoms with Crippen LogP contribution >= 0.6 is 0 Å². The van der Waals surface area contributed by atoms with Crippen molar-refractivity contribution in [3.63, 3.8) is 0 Å². The largest absolute Gasteiger partial charge is 0.396 e. The van der Waals surface area contributed by atoms with Gasteiger partial charge in [-0.1, -0.05) is 121 Å². The molecule has 0 spiro atoms. The van der Waals surface area contributed by atoms with Crippen molar-refractivity contribution in [1.29, 1.82) is 0 Å². The molecule has 46 heavy (non-hydrogen) atoms. The molecule has 0 atom stereocenters. The monoisotopic (exact) mass is 593 g/mol. The van der Waals surface area contributed by atoms with Crippen LogP contribution in [0.25, 0.3) is 60.2 Å². The number of nitrogens with two attached hydrogens (primary N) is 1. The van der Waals surface area contributed by atoms with Crippen LogP contribution in [-0.4, -0.2) is 10.3 Å². The minimum atomic E-state index is 0.712. The molecular weight excluding hydrogens is 558 g/mol. The Kier molecular flexibility index (Phi) is 7.66. The number of aliphatic imine (C=N–C) groups is 1. The van der Waals surface area contributed by atoms with Gasteiger partial charge in [-0.3, -0.25) is 4.99 Å². The van der Waals surface area contributed by atoms with E-state index in [1.807, 2.05) is 13.0 Å². The first-order chi connectivity index (χ1) is 22.6. The number of hydrogen-bond donors (Lipinski definition) is 1. The first-order valence-corrected chi connectivity index (χ1v) is 15.6. The predicted molar refractivity (Wildman–Crippen MR) is 200 cm³/mol. The number of rotatable bonds is 4. The zero-order valence-corrected chi connectivity index (χ0v) is 26.1. The van der Waals surface area contributed by atoms with Gasteiger partial charge in [-0.05, 0) is 71.6 Å². The van der Waals surface area contributed by atoms with Crippen molar-refractivity contribution >= 4 is 60.4 Å². The van der Waals surface area contributed by atoms with Crippen LogP contribution in [0.4, 0.5) is 11.4 Å². The molecule has 0 aliphatic heterocycles. The molecule has 7 aromatic carbocycles. The van der Waals surface area contributed by atoms with Crippen molar-refractivity contribution in [2.45, 2.75) is 13.8 Å². The fourth-order valence-corrected chi connectivity index (χ4v) is 6.45. The summed E-state index contributed by atoms with van der Waals surface area (Å²) in [6, 6.07) is 51.3. The van der Waals surface area contributed by atoms with Crippen molar-refractivity contribution in [3.8, 4) is 16.8 Å². The Labute approximate surface area is 269 Å². The SMILES string of the molecule is C=CC.CC(=Nc1c(N)c2ccccc2c2ccccc12)c1cccc(-c2cccc(-n3c4ccccc4c4ccccc43)c2)c1. The van der Waals surface area contributed by atoms with E-state index in [9.17, 15) is 0 Å². The summed E-state index contributed by atoms with van der Waals surface area (Å²) < 4.78 is 2.36. The van der Waals surface area contributed by atoms with Gasteiger partial charge in [0, 0.05) is 32.9 Å². The number of benzene rings is 7. The van der Waals surface area contributed by atoms with E-state index in [0.717, 1.165) is 55.3 Å². The van der Waals surface area contributed by atoms with Crippen LogP contribution in [0.15, 0.2) is 163 Å². The van der Waals surface area contributed by atoms with Crippen LogP contribution in [0.3, 0.4) is 0 Å². The molecule has 0 saturated carbocycles. The molecule has 1 aromatic heterocycles. The highest BCUT2D eigenvalue weighted by molar-refractivity contribution is 6.20. The van der Waals surface area contributed by atoms with Gasteiger partial charge in [0.15, 0.2) is 0 Å². The lowest BCUT2D eigenvalue weighted by molar-refractivity contribution is 1.18. The van der Waals surface area contributed by atoms with Crippen LogP contribution < -0.4 is 5.73 Å². The highest BCUT2D eigenvalue weighted by Gasteiger charge is 2.14. The quantitative estimate of drug-likeness (QED) is 0.0938. The Morgan fingerprint density at radius 3 is 1.70 bits per heavy atom. The van der Waals surface area contributed by atoms with E-state index >= 15 is 0 Å². The molecule has 0 fully saturated rings. The van der Waals surface area contributed by atoms with E-state index in [1.54, 1.807) is 6.08 Å². The standard InChI is InChI=1S/C40H29N3.C3H6/c1-26(42-40-36-21-5-3-17-32(36)31-16-2-4-20-35(31)39(40)41)27-12-10-13-28(24-27)29-14-11-15-30(25-29)43-37-22-8-6-18-33(37)34-19-7-9-23-38(34)43;1-3-2/h2-25H,41H2,1H3;3H,1H2,2H3. The molecule has 0 radical (unpaired) electrons. The average molecular weight is 594 g/mol. The van der Waals surface area contributed by atoms with E-state index in [0.29, 0.717) is 5.69 Å². The summed E-state index contributed by atoms with van der Waals surface area (Å²) >= 11 is 0.